The highest BCUT2D eigenvalue weighted by atomic mass is 31.2. The number of esters is 1. The van der Waals surface area contributed by atoms with E-state index < -0.39 is 20.0 Å². The van der Waals surface area contributed by atoms with Gasteiger partial charge in [0.2, 0.25) is 5.91 Å². The number of ether oxygens (including phenoxy) is 1. The van der Waals surface area contributed by atoms with E-state index in [1.165, 1.54) is 263 Å². The van der Waals surface area contributed by atoms with Crippen LogP contribution in [0.5, 0.6) is 0 Å². The molecule has 0 aromatic rings. The highest BCUT2D eigenvalue weighted by Gasteiger charge is 2.30. The first-order chi connectivity index (χ1) is 42.4. The standard InChI is InChI=1S/C77H145N2O7P/c1-7-10-13-16-19-22-25-27-29-31-33-35-37-39-41-43-45-47-49-51-54-57-60-63-66-69-76(80)78-74(73-85-87(82,83)84-72-71-79(4,5)6)75(68-65-62-59-56-53-24-21-18-15-12-9-3)86-77(81)70-67-64-61-58-55-52-50-48-46-44-42-40-38-36-34-32-30-28-26-23-20-17-14-11-8-2/h19-20,22-23,27-30,65,68,74-75H,7-18,21,24-26,31-64,66-67,69-73H2,1-6H3,(H-,78,80,82,83)/p+1/b22-19-,23-20-,29-27-,30-28-,68-65+. The fourth-order valence-electron chi connectivity index (χ4n) is 11.1. The fourth-order valence-corrected chi connectivity index (χ4v) is 11.9. The Morgan fingerprint density at radius 1 is 0.402 bits per heavy atom. The van der Waals surface area contributed by atoms with Crippen LogP contribution < -0.4 is 5.32 Å². The van der Waals surface area contributed by atoms with Gasteiger partial charge in [-0.2, -0.15) is 0 Å². The molecule has 87 heavy (non-hydrogen) atoms. The van der Waals surface area contributed by atoms with Crippen LogP contribution in [0.25, 0.3) is 0 Å². The minimum absolute atomic E-state index is 0.0412. The number of carbonyl (C=O) groups is 2. The first-order valence-corrected chi connectivity index (χ1v) is 39.1. The maximum atomic E-state index is 13.6. The zero-order valence-corrected chi connectivity index (χ0v) is 59.4. The second-order valence-corrected chi connectivity index (χ2v) is 28.3. The van der Waals surface area contributed by atoms with E-state index in [9.17, 15) is 19.0 Å². The number of quaternary nitrogens is 1. The Kier molecular flexibility index (Phi) is 64.9. The predicted octanol–water partition coefficient (Wildman–Crippen LogP) is 24.1. The lowest BCUT2D eigenvalue weighted by Gasteiger charge is -2.27. The molecule has 0 aliphatic rings. The number of rotatable bonds is 69. The third-order valence-corrected chi connectivity index (χ3v) is 17.9. The van der Waals surface area contributed by atoms with Crippen LogP contribution in [-0.2, 0) is 27.9 Å². The summed E-state index contributed by atoms with van der Waals surface area (Å²) in [4.78, 5) is 37.9. The van der Waals surface area contributed by atoms with E-state index in [0.29, 0.717) is 23.9 Å². The largest absolute Gasteiger partial charge is 0.472 e. The number of amides is 1. The van der Waals surface area contributed by atoms with Gasteiger partial charge in [0.15, 0.2) is 0 Å². The van der Waals surface area contributed by atoms with E-state index in [1.54, 1.807) is 0 Å². The molecule has 0 heterocycles. The minimum atomic E-state index is -4.45. The maximum Gasteiger partial charge on any atom is 0.472 e. The van der Waals surface area contributed by atoms with E-state index in [2.05, 4.69) is 74.7 Å². The SMILES string of the molecule is CCCCC/C=C\C/C=C\CCCCCCCCCCCCCCCCCC(=O)NC(COP(=O)(O)OCC[N+](C)(C)C)C(/C=C/CCCCCCCCCCC)OC(=O)CCCCCCCCCCCCCCCCC/C=C\C/C=C\CCCCC. The molecule has 0 aromatic carbocycles. The lowest BCUT2D eigenvalue weighted by atomic mass is 10.0. The summed E-state index contributed by atoms with van der Waals surface area (Å²) in [7, 11) is 1.51. The minimum Gasteiger partial charge on any atom is -0.456 e. The average Bonchev–Trinajstić information content (AvgIpc) is 3.70. The Balaban J connectivity index is 4.92. The number of phosphoric acid groups is 1. The van der Waals surface area contributed by atoms with Crippen LogP contribution in [0.15, 0.2) is 60.8 Å². The van der Waals surface area contributed by atoms with Gasteiger partial charge in [0.25, 0.3) is 0 Å². The van der Waals surface area contributed by atoms with Gasteiger partial charge in [-0.15, -0.1) is 0 Å². The number of nitrogens with zero attached hydrogens (tertiary/aromatic N) is 1. The molecule has 0 aliphatic carbocycles. The molecule has 0 aliphatic heterocycles. The van der Waals surface area contributed by atoms with E-state index in [1.807, 2.05) is 33.3 Å². The Morgan fingerprint density at radius 3 is 1.06 bits per heavy atom. The zero-order chi connectivity index (χ0) is 63.5. The normalized spacial score (nSPS) is 13.8. The zero-order valence-electron chi connectivity index (χ0n) is 58.5. The van der Waals surface area contributed by atoms with Crippen LogP contribution in [-0.4, -0.2) is 74.3 Å². The second-order valence-electron chi connectivity index (χ2n) is 26.8. The lowest BCUT2D eigenvalue weighted by Crippen LogP contribution is -2.47. The second kappa shape index (κ2) is 66.6. The van der Waals surface area contributed by atoms with Gasteiger partial charge in [-0.05, 0) is 96.0 Å². The molecule has 9 nitrogen and oxygen atoms in total. The predicted molar refractivity (Wildman–Crippen MR) is 378 cm³/mol. The van der Waals surface area contributed by atoms with Gasteiger partial charge in [0, 0.05) is 12.8 Å². The van der Waals surface area contributed by atoms with Gasteiger partial charge >= 0.3 is 13.8 Å². The van der Waals surface area contributed by atoms with Gasteiger partial charge in [-0.1, -0.05) is 319 Å². The molecular weight excluding hydrogens is 1100 g/mol. The number of phosphoric ester groups is 1. The Morgan fingerprint density at radius 2 is 0.701 bits per heavy atom. The first kappa shape index (κ1) is 84.7. The summed E-state index contributed by atoms with van der Waals surface area (Å²) in [6.45, 7) is 7.01. The van der Waals surface area contributed by atoms with Crippen LogP contribution in [0.3, 0.4) is 0 Å². The van der Waals surface area contributed by atoms with Crippen molar-refractivity contribution in [2.75, 3.05) is 40.9 Å². The van der Waals surface area contributed by atoms with Crippen LogP contribution in [0.1, 0.15) is 367 Å². The number of nitrogens with one attached hydrogen (secondary N) is 1. The lowest BCUT2D eigenvalue weighted by molar-refractivity contribution is -0.870. The van der Waals surface area contributed by atoms with Crippen LogP contribution in [0.2, 0.25) is 0 Å². The van der Waals surface area contributed by atoms with Crippen molar-refractivity contribution in [3.63, 3.8) is 0 Å². The summed E-state index contributed by atoms with van der Waals surface area (Å²) in [5, 5.41) is 3.08. The molecule has 0 spiro atoms. The number of carbonyl (C=O) groups excluding carboxylic acids is 2. The van der Waals surface area contributed by atoms with Crippen LogP contribution >= 0.6 is 7.82 Å². The molecule has 0 rings (SSSR count). The van der Waals surface area contributed by atoms with Crippen molar-refractivity contribution in [3.05, 3.63) is 60.8 Å². The maximum absolute atomic E-state index is 13.6. The van der Waals surface area contributed by atoms with E-state index in [-0.39, 0.29) is 25.1 Å². The summed E-state index contributed by atoms with van der Waals surface area (Å²) in [5.41, 5.74) is 0. The molecule has 0 fully saturated rings. The third kappa shape index (κ3) is 67.9. The molecular formula is C77H146N2O7P+. The monoisotopic (exact) mass is 1240 g/mol. The van der Waals surface area contributed by atoms with E-state index in [4.69, 9.17) is 13.8 Å². The molecule has 2 N–H and O–H groups in total. The number of hydrogen-bond acceptors (Lipinski definition) is 6. The van der Waals surface area contributed by atoms with Crippen molar-refractivity contribution in [3.8, 4) is 0 Å². The summed E-state index contributed by atoms with van der Waals surface area (Å²) in [5.74, 6) is -0.490. The highest BCUT2D eigenvalue weighted by Crippen LogP contribution is 2.43. The molecule has 510 valence electrons. The van der Waals surface area contributed by atoms with Gasteiger partial charge in [-0.25, -0.2) is 4.57 Å². The summed E-state index contributed by atoms with van der Waals surface area (Å²) >= 11 is 0. The summed E-state index contributed by atoms with van der Waals surface area (Å²) in [6, 6.07) is -0.848. The number of unbranched alkanes of at least 4 members (excludes halogenated alkanes) is 45. The Bertz CT molecular complexity index is 1670. The van der Waals surface area contributed by atoms with Gasteiger partial charge in [0.1, 0.15) is 19.3 Å². The molecule has 0 bridgehead atoms. The number of hydrogen-bond donors (Lipinski definition) is 2. The fraction of sp³-hybridized carbons (Fsp3) is 0.844. The highest BCUT2D eigenvalue weighted by molar-refractivity contribution is 7.47. The van der Waals surface area contributed by atoms with Crippen LogP contribution in [0, 0.1) is 0 Å². The van der Waals surface area contributed by atoms with Gasteiger partial charge in [0.05, 0.1) is 33.8 Å². The smallest absolute Gasteiger partial charge is 0.456 e. The van der Waals surface area contributed by atoms with Crippen molar-refractivity contribution in [1.82, 2.24) is 5.32 Å². The van der Waals surface area contributed by atoms with Crippen molar-refractivity contribution < 1.29 is 37.3 Å². The molecule has 0 radical (unpaired) electrons. The summed E-state index contributed by atoms with van der Waals surface area (Å²) in [6.07, 6.45) is 86.7. The van der Waals surface area contributed by atoms with E-state index >= 15 is 0 Å². The third-order valence-electron chi connectivity index (χ3n) is 16.9. The molecule has 0 aromatic heterocycles. The van der Waals surface area contributed by atoms with Crippen molar-refractivity contribution in [1.29, 1.82) is 0 Å². The molecule has 10 heteroatoms. The Labute approximate surface area is 541 Å². The molecule has 1 amide bonds. The van der Waals surface area contributed by atoms with Crippen molar-refractivity contribution in [2.45, 2.75) is 380 Å². The molecule has 0 saturated heterocycles. The molecule has 3 unspecified atom stereocenters. The van der Waals surface area contributed by atoms with Gasteiger partial charge < -0.3 is 19.4 Å². The number of likely N-dealkylation sites (N-methyl/N-ethyl adjacent to an activating group) is 1. The van der Waals surface area contributed by atoms with Gasteiger partial charge in [-0.3, -0.25) is 18.6 Å². The van der Waals surface area contributed by atoms with E-state index in [0.717, 1.165) is 70.6 Å². The molecule has 0 saturated carbocycles. The topological polar surface area (TPSA) is 111 Å². The quantitative estimate of drug-likeness (QED) is 0.0205. The first-order valence-electron chi connectivity index (χ1n) is 37.6. The number of allylic oxidation sites excluding steroid dienone is 9. The average molecular weight is 1240 g/mol. The molecule has 3 atom stereocenters. The van der Waals surface area contributed by atoms with Crippen molar-refractivity contribution in [2.24, 2.45) is 0 Å². The van der Waals surface area contributed by atoms with Crippen molar-refractivity contribution >= 4 is 19.7 Å². The Hall–Kier alpha value is -2.29. The summed E-state index contributed by atoms with van der Waals surface area (Å²) < 4.78 is 30.9. The van der Waals surface area contributed by atoms with Crippen LogP contribution in [0.4, 0.5) is 0 Å².